The zero-order chi connectivity index (χ0) is 28.4. The molecule has 3 heterocycles. The first kappa shape index (κ1) is 29.6. The molecule has 210 valence electrons. The van der Waals surface area contributed by atoms with Crippen molar-refractivity contribution in [2.45, 2.75) is 97.6 Å². The number of imidazole rings is 1. The molecule has 3 rings (SSSR count). The fourth-order valence-electron chi connectivity index (χ4n) is 4.18. The molecule has 1 aliphatic rings. The first-order valence-electron chi connectivity index (χ1n) is 12.7. The quantitative estimate of drug-likeness (QED) is 0.402. The van der Waals surface area contributed by atoms with Crippen LogP contribution in [0.25, 0.3) is 11.2 Å². The lowest BCUT2D eigenvalue weighted by Gasteiger charge is -2.38. The van der Waals surface area contributed by atoms with E-state index in [-0.39, 0.29) is 35.7 Å². The smallest absolute Gasteiger partial charge is 0.303 e. The average molecular weight is 550 g/mol. The summed E-state index contributed by atoms with van der Waals surface area (Å²) >= 11 is 0. The Kier molecular flexibility index (Phi) is 8.94. The van der Waals surface area contributed by atoms with Crippen LogP contribution >= 0.6 is 0 Å². The van der Waals surface area contributed by atoms with Gasteiger partial charge in [-0.3, -0.25) is 19.0 Å². The fraction of sp³-hybridized carbons (Fsp3) is 0.680. The van der Waals surface area contributed by atoms with Crippen molar-refractivity contribution in [3.05, 3.63) is 12.7 Å². The van der Waals surface area contributed by atoms with Crippen LogP contribution in [0.1, 0.15) is 61.1 Å². The molecule has 0 aromatic carbocycles. The molecule has 1 aliphatic heterocycles. The van der Waals surface area contributed by atoms with Crippen LogP contribution in [0.4, 0.5) is 5.82 Å². The number of hydrogen-bond donors (Lipinski definition) is 1. The van der Waals surface area contributed by atoms with E-state index in [1.165, 1.54) is 27.1 Å². The third-order valence-electron chi connectivity index (χ3n) is 7.23. The summed E-state index contributed by atoms with van der Waals surface area (Å²) in [5, 5.41) is 2.61. The van der Waals surface area contributed by atoms with Gasteiger partial charge in [0.2, 0.25) is 5.91 Å². The van der Waals surface area contributed by atoms with Gasteiger partial charge in [0.15, 0.2) is 25.3 Å². The molecule has 0 unspecified atom stereocenters. The van der Waals surface area contributed by atoms with Crippen molar-refractivity contribution >= 4 is 43.1 Å². The largest absolute Gasteiger partial charge is 0.462 e. The molecular weight excluding hydrogens is 510 g/mol. The maximum Gasteiger partial charge on any atom is 0.303 e. The first-order chi connectivity index (χ1) is 17.6. The lowest BCUT2D eigenvalue weighted by atomic mass is 9.93. The summed E-state index contributed by atoms with van der Waals surface area (Å²) in [6, 6.07) is 0. The average Bonchev–Trinajstić information content (AvgIpc) is 3.17. The number of hydrogen-bond acceptors (Lipinski definition) is 10. The monoisotopic (exact) mass is 549 g/mol. The highest BCUT2D eigenvalue weighted by Crippen LogP contribution is 2.39. The summed E-state index contributed by atoms with van der Waals surface area (Å²) in [4.78, 5) is 48.7. The number of ether oxygens (including phenoxy) is 3. The van der Waals surface area contributed by atoms with Gasteiger partial charge in [-0.05, 0) is 18.1 Å². The van der Waals surface area contributed by atoms with Gasteiger partial charge in [-0.2, -0.15) is 0 Å². The highest BCUT2D eigenvalue weighted by atomic mass is 28.4. The van der Waals surface area contributed by atoms with Crippen LogP contribution in [0.5, 0.6) is 0 Å². The van der Waals surface area contributed by atoms with Crippen LogP contribution in [0.2, 0.25) is 18.1 Å². The highest BCUT2D eigenvalue weighted by molar-refractivity contribution is 6.74. The zero-order valence-corrected chi connectivity index (χ0v) is 24.6. The summed E-state index contributed by atoms with van der Waals surface area (Å²) in [5.74, 6) is -1.33. The Labute approximate surface area is 223 Å². The molecule has 1 fully saturated rings. The number of carbonyl (C=O) groups is 3. The van der Waals surface area contributed by atoms with Gasteiger partial charge in [-0.1, -0.05) is 27.7 Å². The molecule has 13 heteroatoms. The van der Waals surface area contributed by atoms with Gasteiger partial charge in [0.25, 0.3) is 0 Å². The molecule has 12 nitrogen and oxygen atoms in total. The highest BCUT2D eigenvalue weighted by Gasteiger charge is 2.45. The topological polar surface area (TPSA) is 144 Å². The van der Waals surface area contributed by atoms with E-state index in [0.29, 0.717) is 11.2 Å². The van der Waals surface area contributed by atoms with Crippen molar-refractivity contribution < 1.29 is 33.0 Å². The van der Waals surface area contributed by atoms with Crippen molar-refractivity contribution in [1.82, 2.24) is 19.5 Å². The van der Waals surface area contributed by atoms with Crippen LogP contribution in [0.3, 0.4) is 0 Å². The molecule has 2 aromatic rings. The van der Waals surface area contributed by atoms with Crippen molar-refractivity contribution in [2.24, 2.45) is 5.92 Å². The standard InChI is InChI=1S/C25H39N5O7Si/c1-14-18(35-16(3)32)10-20(30-13-28-21-23(29-15(2)31)26-12-27-24(21)30)37-19(22(14)36-17(4)33)11-34-38(8,9)25(5,6)7/h12-14,18-20,22H,10-11H2,1-9H3,(H,26,27,29,31)/t14-,18-,19+,20+,22-/m0/s1. The molecule has 1 amide bonds. The summed E-state index contributed by atoms with van der Waals surface area (Å²) in [7, 11) is -2.18. The minimum atomic E-state index is -2.18. The van der Waals surface area contributed by atoms with E-state index >= 15 is 0 Å². The molecule has 5 atom stereocenters. The van der Waals surface area contributed by atoms with Gasteiger partial charge in [-0.25, -0.2) is 15.0 Å². The summed E-state index contributed by atoms with van der Waals surface area (Å²) in [6.45, 7) is 16.8. The molecule has 0 saturated carbocycles. The van der Waals surface area contributed by atoms with Crippen LogP contribution in [-0.2, 0) is 33.0 Å². The molecule has 1 saturated heterocycles. The minimum absolute atomic E-state index is 0.0441. The minimum Gasteiger partial charge on any atom is -0.462 e. The van der Waals surface area contributed by atoms with Gasteiger partial charge < -0.3 is 24.0 Å². The van der Waals surface area contributed by atoms with Crippen molar-refractivity contribution in [2.75, 3.05) is 11.9 Å². The molecule has 0 spiro atoms. The van der Waals surface area contributed by atoms with Crippen LogP contribution in [-0.4, -0.2) is 70.6 Å². The van der Waals surface area contributed by atoms with E-state index in [4.69, 9.17) is 18.6 Å². The fourth-order valence-corrected chi connectivity index (χ4v) is 5.20. The number of amides is 1. The Morgan fingerprint density at radius 2 is 1.76 bits per heavy atom. The van der Waals surface area contributed by atoms with E-state index in [1.807, 2.05) is 6.92 Å². The summed E-state index contributed by atoms with van der Waals surface area (Å²) < 4.78 is 26.3. The molecule has 0 aliphatic carbocycles. The number of fused-ring (bicyclic) bond motifs is 1. The van der Waals surface area contributed by atoms with Crippen molar-refractivity contribution in [1.29, 1.82) is 0 Å². The molecule has 0 radical (unpaired) electrons. The Hall–Kier alpha value is -2.90. The van der Waals surface area contributed by atoms with E-state index in [0.717, 1.165) is 0 Å². The number of rotatable bonds is 7. The molecule has 0 bridgehead atoms. The van der Waals surface area contributed by atoms with Gasteiger partial charge in [-0.15, -0.1) is 0 Å². The van der Waals surface area contributed by atoms with Crippen molar-refractivity contribution in [3.8, 4) is 0 Å². The zero-order valence-electron chi connectivity index (χ0n) is 23.6. The van der Waals surface area contributed by atoms with Crippen LogP contribution < -0.4 is 5.32 Å². The maximum absolute atomic E-state index is 12.1. The summed E-state index contributed by atoms with van der Waals surface area (Å²) in [6.07, 6.45) is 0.403. The number of carbonyl (C=O) groups excluding carboxylic acids is 3. The predicted octanol–water partition coefficient (Wildman–Crippen LogP) is 3.59. The molecule has 1 N–H and O–H groups in total. The number of nitrogens with one attached hydrogen (secondary N) is 1. The normalized spacial score (nSPS) is 24.5. The second kappa shape index (κ2) is 11.5. The number of aromatic nitrogens is 4. The van der Waals surface area contributed by atoms with Gasteiger partial charge >= 0.3 is 11.9 Å². The number of nitrogens with zero attached hydrogens (tertiary/aromatic N) is 4. The van der Waals surface area contributed by atoms with E-state index in [2.05, 4.69) is 54.1 Å². The second-order valence-electron chi connectivity index (χ2n) is 11.2. The third kappa shape index (κ3) is 6.75. The Balaban J connectivity index is 2.05. The number of anilines is 1. The van der Waals surface area contributed by atoms with Crippen LogP contribution in [0.15, 0.2) is 12.7 Å². The summed E-state index contributed by atoms with van der Waals surface area (Å²) in [5.41, 5.74) is 0.816. The van der Waals surface area contributed by atoms with Gasteiger partial charge in [0.05, 0.1) is 12.9 Å². The van der Waals surface area contributed by atoms with Crippen molar-refractivity contribution in [3.63, 3.8) is 0 Å². The third-order valence-corrected chi connectivity index (χ3v) is 11.7. The van der Waals surface area contributed by atoms with Crippen LogP contribution in [0, 0.1) is 5.92 Å². The second-order valence-corrected chi connectivity index (χ2v) is 16.1. The maximum atomic E-state index is 12.1. The molecule has 38 heavy (non-hydrogen) atoms. The lowest BCUT2D eigenvalue weighted by molar-refractivity contribution is -0.169. The first-order valence-corrected chi connectivity index (χ1v) is 15.6. The van der Waals surface area contributed by atoms with E-state index < -0.39 is 44.8 Å². The lowest BCUT2D eigenvalue weighted by Crippen LogP contribution is -2.48. The Morgan fingerprint density at radius 1 is 1.11 bits per heavy atom. The Bertz CT molecular complexity index is 1180. The van der Waals surface area contributed by atoms with Gasteiger partial charge in [0, 0.05) is 33.1 Å². The SMILES string of the molecule is CC(=O)Nc1ncnc2c1ncn2[C@H]1C[C@H](OC(C)=O)[C@H](C)[C@H](OC(C)=O)[C@@H](CO[Si](C)(C)C(C)(C)C)O1. The Morgan fingerprint density at radius 3 is 2.34 bits per heavy atom. The van der Waals surface area contributed by atoms with Gasteiger partial charge in [0.1, 0.15) is 30.9 Å². The predicted molar refractivity (Wildman–Crippen MR) is 142 cm³/mol. The van der Waals surface area contributed by atoms with E-state index in [1.54, 1.807) is 10.9 Å². The van der Waals surface area contributed by atoms with E-state index in [9.17, 15) is 14.4 Å². The number of esters is 2. The molecule has 2 aromatic heterocycles. The molecular formula is C25H39N5O7Si.